The Morgan fingerprint density at radius 3 is 2.15 bits per heavy atom. The third-order valence-corrected chi connectivity index (χ3v) is 2.44. The fourth-order valence-corrected chi connectivity index (χ4v) is 1.55. The molecule has 0 radical (unpaired) electrons. The van der Waals surface area contributed by atoms with Gasteiger partial charge in [-0.05, 0) is 12.8 Å². The first-order chi connectivity index (χ1) is 5.92. The van der Waals surface area contributed by atoms with Crippen molar-refractivity contribution >= 4 is 7.60 Å². The van der Waals surface area contributed by atoms with Crippen molar-refractivity contribution < 1.29 is 19.3 Å². The normalized spacial score (nSPS) is 11.5. The molecule has 2 N–H and O–H groups in total. The Balaban J connectivity index is 3.18. The minimum Gasteiger partial charge on any atom is -0.324 e. The van der Waals surface area contributed by atoms with E-state index in [0.717, 1.165) is 0 Å². The van der Waals surface area contributed by atoms with Crippen molar-refractivity contribution in [1.82, 2.24) is 0 Å². The molecule has 0 aromatic rings. The number of nitro groups is 1. The smallest absolute Gasteiger partial charge is 0.324 e. The van der Waals surface area contributed by atoms with Crippen LogP contribution in [0.1, 0.15) is 25.7 Å². The van der Waals surface area contributed by atoms with Crippen LogP contribution in [0.4, 0.5) is 0 Å². The predicted octanol–water partition coefficient (Wildman–Crippen LogP) is 1.00. The maximum atomic E-state index is 10.4. The van der Waals surface area contributed by atoms with Gasteiger partial charge in [0.05, 0.1) is 0 Å². The van der Waals surface area contributed by atoms with Gasteiger partial charge in [-0.2, -0.15) is 0 Å². The van der Waals surface area contributed by atoms with Gasteiger partial charge in [0.25, 0.3) is 0 Å². The van der Waals surface area contributed by atoms with E-state index in [1.165, 1.54) is 0 Å². The van der Waals surface area contributed by atoms with Gasteiger partial charge in [-0.25, -0.2) is 0 Å². The number of hydrogen-bond acceptors (Lipinski definition) is 3. The number of rotatable bonds is 7. The predicted molar refractivity (Wildman–Crippen MR) is 47.2 cm³/mol. The van der Waals surface area contributed by atoms with Crippen LogP contribution in [0.5, 0.6) is 0 Å². The molecule has 0 aromatic heterocycles. The zero-order chi connectivity index (χ0) is 10.3. The zero-order valence-electron chi connectivity index (χ0n) is 7.26. The molecule has 0 aliphatic carbocycles. The van der Waals surface area contributed by atoms with E-state index < -0.39 is 7.60 Å². The summed E-state index contributed by atoms with van der Waals surface area (Å²) in [7, 11) is -3.87. The zero-order valence-corrected chi connectivity index (χ0v) is 8.15. The van der Waals surface area contributed by atoms with Crippen molar-refractivity contribution in [3.05, 3.63) is 10.1 Å². The minimum atomic E-state index is -3.87. The number of unbranched alkanes of at least 4 members (excludes halogenated alkanes) is 3. The van der Waals surface area contributed by atoms with Crippen LogP contribution in [0.2, 0.25) is 0 Å². The molecule has 0 rings (SSSR count). The molecule has 13 heavy (non-hydrogen) atoms. The molecule has 6 nitrogen and oxygen atoms in total. The highest BCUT2D eigenvalue weighted by molar-refractivity contribution is 7.51. The van der Waals surface area contributed by atoms with E-state index in [4.69, 9.17) is 9.79 Å². The van der Waals surface area contributed by atoms with Crippen molar-refractivity contribution in [3.8, 4) is 0 Å². The lowest BCUT2D eigenvalue weighted by atomic mass is 10.2. The van der Waals surface area contributed by atoms with Crippen LogP contribution in [-0.2, 0) is 4.57 Å². The molecule has 0 saturated heterocycles. The van der Waals surface area contributed by atoms with Crippen molar-refractivity contribution in [3.63, 3.8) is 0 Å². The third-order valence-electron chi connectivity index (χ3n) is 1.54. The standard InChI is InChI=1S/C6H14NO5P/c8-7(9)5-3-1-2-4-6-13(10,11)12/h1-6H2,(H2,10,11,12). The Kier molecular flexibility index (Phi) is 5.86. The summed E-state index contributed by atoms with van der Waals surface area (Å²) in [5, 5.41) is 9.87. The Morgan fingerprint density at radius 1 is 1.15 bits per heavy atom. The summed E-state index contributed by atoms with van der Waals surface area (Å²) >= 11 is 0. The molecule has 78 valence electrons. The lowest BCUT2D eigenvalue weighted by Crippen LogP contribution is -2.00. The summed E-state index contributed by atoms with van der Waals surface area (Å²) in [4.78, 5) is 26.4. The number of nitrogens with zero attached hydrogens (tertiary/aromatic N) is 1. The fourth-order valence-electron chi connectivity index (χ4n) is 0.912. The van der Waals surface area contributed by atoms with E-state index in [-0.39, 0.29) is 17.6 Å². The molecule has 0 amide bonds. The van der Waals surface area contributed by atoms with E-state index in [2.05, 4.69) is 0 Å². The van der Waals surface area contributed by atoms with Gasteiger partial charge in [-0.1, -0.05) is 6.42 Å². The van der Waals surface area contributed by atoms with Crippen molar-refractivity contribution in [2.75, 3.05) is 12.7 Å². The topological polar surface area (TPSA) is 101 Å². The van der Waals surface area contributed by atoms with Gasteiger partial charge in [0.2, 0.25) is 6.54 Å². The van der Waals surface area contributed by atoms with Crippen LogP contribution < -0.4 is 0 Å². The molecule has 0 aromatic carbocycles. The summed E-state index contributed by atoms with van der Waals surface area (Å²) in [6, 6.07) is 0. The van der Waals surface area contributed by atoms with E-state index in [9.17, 15) is 14.7 Å². The lowest BCUT2D eigenvalue weighted by molar-refractivity contribution is -0.480. The van der Waals surface area contributed by atoms with Crippen molar-refractivity contribution in [1.29, 1.82) is 0 Å². The molecule has 0 spiro atoms. The van der Waals surface area contributed by atoms with Crippen LogP contribution in [0, 0.1) is 10.1 Å². The van der Waals surface area contributed by atoms with E-state index in [0.29, 0.717) is 25.7 Å². The van der Waals surface area contributed by atoms with E-state index in [1.54, 1.807) is 0 Å². The molecule has 0 aliphatic rings. The monoisotopic (exact) mass is 211 g/mol. The van der Waals surface area contributed by atoms with Gasteiger partial charge >= 0.3 is 7.60 Å². The molecular formula is C6H14NO5P. The second-order valence-electron chi connectivity index (χ2n) is 2.86. The summed E-state index contributed by atoms with van der Waals surface area (Å²) in [6.07, 6.45) is 2.08. The van der Waals surface area contributed by atoms with Crippen LogP contribution in [0.3, 0.4) is 0 Å². The third kappa shape index (κ3) is 11.5. The van der Waals surface area contributed by atoms with Gasteiger partial charge in [0, 0.05) is 17.5 Å². The summed E-state index contributed by atoms with van der Waals surface area (Å²) in [5.41, 5.74) is 0. The Hall–Kier alpha value is -0.450. The molecule has 7 heteroatoms. The molecule has 0 unspecified atom stereocenters. The maximum absolute atomic E-state index is 10.4. The Bertz CT molecular complexity index is 201. The van der Waals surface area contributed by atoms with Gasteiger partial charge in [0.1, 0.15) is 0 Å². The molecule has 0 fully saturated rings. The second-order valence-corrected chi connectivity index (χ2v) is 4.64. The van der Waals surface area contributed by atoms with E-state index >= 15 is 0 Å². The molecule has 0 aliphatic heterocycles. The first-order valence-electron chi connectivity index (χ1n) is 4.08. The Morgan fingerprint density at radius 2 is 1.69 bits per heavy atom. The summed E-state index contributed by atoms with van der Waals surface area (Å²) in [6.45, 7) is -0.0596. The van der Waals surface area contributed by atoms with Gasteiger partial charge < -0.3 is 9.79 Å². The van der Waals surface area contributed by atoms with Gasteiger partial charge in [-0.3, -0.25) is 14.7 Å². The molecule has 0 bridgehead atoms. The largest absolute Gasteiger partial charge is 0.325 e. The summed E-state index contributed by atoms with van der Waals surface area (Å²) < 4.78 is 10.4. The SMILES string of the molecule is O=[N+]([O-])CCCCCCP(=O)(O)O. The van der Waals surface area contributed by atoms with Crippen LogP contribution in [0.25, 0.3) is 0 Å². The lowest BCUT2D eigenvalue weighted by Gasteiger charge is -2.01. The maximum Gasteiger partial charge on any atom is 0.325 e. The van der Waals surface area contributed by atoms with Gasteiger partial charge in [-0.15, -0.1) is 0 Å². The average Bonchev–Trinajstić information content (AvgIpc) is 1.93. The molecule has 0 atom stereocenters. The van der Waals surface area contributed by atoms with Gasteiger partial charge in [0.15, 0.2) is 0 Å². The van der Waals surface area contributed by atoms with Crippen LogP contribution in [-0.4, -0.2) is 27.4 Å². The summed E-state index contributed by atoms with van der Waals surface area (Å²) in [5.74, 6) is 0. The molecule has 0 saturated carbocycles. The Labute approximate surface area is 76.3 Å². The first-order valence-corrected chi connectivity index (χ1v) is 5.88. The second kappa shape index (κ2) is 6.07. The van der Waals surface area contributed by atoms with Crippen LogP contribution >= 0.6 is 7.60 Å². The number of hydrogen-bond donors (Lipinski definition) is 2. The minimum absolute atomic E-state index is 0.0596. The average molecular weight is 211 g/mol. The highest BCUT2D eigenvalue weighted by Gasteiger charge is 2.11. The highest BCUT2D eigenvalue weighted by Crippen LogP contribution is 2.35. The quantitative estimate of drug-likeness (QED) is 0.283. The van der Waals surface area contributed by atoms with E-state index in [1.807, 2.05) is 0 Å². The molecule has 0 heterocycles. The van der Waals surface area contributed by atoms with Crippen molar-refractivity contribution in [2.24, 2.45) is 0 Å². The molecular weight excluding hydrogens is 197 g/mol. The fraction of sp³-hybridized carbons (Fsp3) is 1.00. The van der Waals surface area contributed by atoms with Crippen molar-refractivity contribution in [2.45, 2.75) is 25.7 Å². The van der Waals surface area contributed by atoms with Crippen LogP contribution in [0.15, 0.2) is 0 Å². The highest BCUT2D eigenvalue weighted by atomic mass is 31.2. The first kappa shape index (κ1) is 12.6.